The number of aryl methyl sites for hydroxylation is 1. The summed E-state index contributed by atoms with van der Waals surface area (Å²) >= 11 is 3.47. The van der Waals surface area contributed by atoms with Gasteiger partial charge in [0.1, 0.15) is 0 Å². The number of hydrogen-bond donors (Lipinski definition) is 1. The molecule has 0 aliphatic heterocycles. The van der Waals surface area contributed by atoms with Crippen molar-refractivity contribution in [2.45, 2.75) is 13.0 Å². The van der Waals surface area contributed by atoms with E-state index in [1.165, 1.54) is 7.11 Å². The van der Waals surface area contributed by atoms with Gasteiger partial charge in [-0.2, -0.15) is 0 Å². The normalized spacial score (nSPS) is 11.8. The van der Waals surface area contributed by atoms with Gasteiger partial charge in [-0.05, 0) is 40.5 Å². The van der Waals surface area contributed by atoms with Crippen LogP contribution in [0.4, 0.5) is 5.69 Å². The minimum atomic E-state index is -0.528. The maximum Gasteiger partial charge on any atom is 0.332 e. The fourth-order valence-corrected chi connectivity index (χ4v) is 2.29. The predicted molar refractivity (Wildman–Crippen MR) is 83.7 cm³/mol. The van der Waals surface area contributed by atoms with Gasteiger partial charge in [-0.15, -0.1) is 0 Å². The number of anilines is 1. The Morgan fingerprint density at radius 3 is 2.40 bits per heavy atom. The summed E-state index contributed by atoms with van der Waals surface area (Å²) in [5.74, 6) is -0.315. The molecule has 4 heteroatoms. The maximum atomic E-state index is 12.0. The van der Waals surface area contributed by atoms with Crippen LogP contribution in [-0.4, -0.2) is 13.1 Å². The van der Waals surface area contributed by atoms with E-state index < -0.39 is 6.04 Å². The third-order valence-corrected chi connectivity index (χ3v) is 3.71. The van der Waals surface area contributed by atoms with Crippen LogP contribution in [0.2, 0.25) is 0 Å². The highest BCUT2D eigenvalue weighted by molar-refractivity contribution is 9.10. The van der Waals surface area contributed by atoms with E-state index in [0.29, 0.717) is 0 Å². The van der Waals surface area contributed by atoms with Crippen molar-refractivity contribution in [1.82, 2.24) is 0 Å². The monoisotopic (exact) mass is 333 g/mol. The summed E-state index contributed by atoms with van der Waals surface area (Å²) in [7, 11) is 1.39. The van der Waals surface area contributed by atoms with E-state index in [9.17, 15) is 4.79 Å². The minimum absolute atomic E-state index is 0.315. The topological polar surface area (TPSA) is 38.3 Å². The lowest BCUT2D eigenvalue weighted by atomic mass is 10.0. The third-order valence-electron chi connectivity index (χ3n) is 3.02. The second kappa shape index (κ2) is 6.57. The number of ether oxygens (including phenoxy) is 1. The number of methoxy groups -OCH3 is 1. The van der Waals surface area contributed by atoms with E-state index in [-0.39, 0.29) is 5.97 Å². The molecule has 3 nitrogen and oxygen atoms in total. The average Bonchev–Trinajstić information content (AvgIpc) is 2.47. The van der Waals surface area contributed by atoms with Gasteiger partial charge in [0.05, 0.1) is 7.11 Å². The van der Waals surface area contributed by atoms with Gasteiger partial charge in [-0.25, -0.2) is 4.79 Å². The maximum absolute atomic E-state index is 12.0. The van der Waals surface area contributed by atoms with E-state index in [2.05, 4.69) is 21.2 Å². The average molecular weight is 334 g/mol. The molecular formula is C16H16BrNO2. The molecule has 0 saturated heterocycles. The zero-order chi connectivity index (χ0) is 14.5. The Morgan fingerprint density at radius 2 is 1.80 bits per heavy atom. The molecule has 0 fully saturated rings. The number of carbonyl (C=O) groups is 1. The number of nitrogens with one attached hydrogen (secondary N) is 1. The van der Waals surface area contributed by atoms with E-state index in [4.69, 9.17) is 4.74 Å². The van der Waals surface area contributed by atoms with Gasteiger partial charge in [0, 0.05) is 10.2 Å². The molecule has 0 radical (unpaired) electrons. The van der Waals surface area contributed by atoms with E-state index in [1.54, 1.807) is 0 Å². The Morgan fingerprint density at radius 1 is 1.15 bits per heavy atom. The number of carbonyl (C=O) groups excluding carboxylic acids is 1. The predicted octanol–water partition coefficient (Wildman–Crippen LogP) is 4.08. The van der Waals surface area contributed by atoms with Crippen molar-refractivity contribution in [3.8, 4) is 0 Å². The summed E-state index contributed by atoms with van der Waals surface area (Å²) in [5, 5.41) is 3.21. The molecular weight excluding hydrogens is 318 g/mol. The smallest absolute Gasteiger partial charge is 0.332 e. The summed E-state index contributed by atoms with van der Waals surface area (Å²) in [5.41, 5.74) is 2.87. The van der Waals surface area contributed by atoms with Crippen LogP contribution in [0.25, 0.3) is 0 Å². The molecule has 0 aliphatic carbocycles. The van der Waals surface area contributed by atoms with Gasteiger partial charge >= 0.3 is 5.97 Å². The van der Waals surface area contributed by atoms with Crippen LogP contribution in [-0.2, 0) is 9.53 Å². The highest BCUT2D eigenvalue weighted by atomic mass is 79.9. The molecule has 0 amide bonds. The minimum Gasteiger partial charge on any atom is -0.467 e. The molecule has 0 heterocycles. The van der Waals surface area contributed by atoms with Crippen molar-refractivity contribution in [3.63, 3.8) is 0 Å². The van der Waals surface area contributed by atoms with Crippen LogP contribution in [0, 0.1) is 6.92 Å². The van der Waals surface area contributed by atoms with Crippen molar-refractivity contribution in [3.05, 3.63) is 64.1 Å². The number of benzene rings is 2. The van der Waals surface area contributed by atoms with E-state index in [0.717, 1.165) is 21.3 Å². The number of esters is 1. The van der Waals surface area contributed by atoms with Crippen molar-refractivity contribution in [2.24, 2.45) is 0 Å². The van der Waals surface area contributed by atoms with Crippen molar-refractivity contribution >= 4 is 27.6 Å². The Hall–Kier alpha value is -1.81. The van der Waals surface area contributed by atoms with Crippen LogP contribution in [0.15, 0.2) is 53.0 Å². The highest BCUT2D eigenvalue weighted by Gasteiger charge is 2.21. The largest absolute Gasteiger partial charge is 0.467 e. The number of halogens is 1. The van der Waals surface area contributed by atoms with Crippen molar-refractivity contribution in [1.29, 1.82) is 0 Å². The fraction of sp³-hybridized carbons (Fsp3) is 0.188. The van der Waals surface area contributed by atoms with Gasteiger partial charge in [-0.3, -0.25) is 0 Å². The van der Waals surface area contributed by atoms with Gasteiger partial charge in [-0.1, -0.05) is 42.0 Å². The number of rotatable bonds is 4. The van der Waals surface area contributed by atoms with Crippen molar-refractivity contribution in [2.75, 3.05) is 12.4 Å². The molecule has 1 unspecified atom stereocenters. The molecule has 2 rings (SSSR count). The number of hydrogen-bond acceptors (Lipinski definition) is 3. The van der Waals surface area contributed by atoms with E-state index >= 15 is 0 Å². The Labute approximate surface area is 127 Å². The van der Waals surface area contributed by atoms with Crippen LogP contribution in [0.1, 0.15) is 17.2 Å². The summed E-state index contributed by atoms with van der Waals surface area (Å²) < 4.78 is 5.80. The fourth-order valence-electron chi connectivity index (χ4n) is 1.89. The summed E-state index contributed by atoms with van der Waals surface area (Å²) in [6, 6.07) is 15.0. The quantitative estimate of drug-likeness (QED) is 0.856. The first kappa shape index (κ1) is 14.6. The van der Waals surface area contributed by atoms with Gasteiger partial charge < -0.3 is 10.1 Å². The van der Waals surface area contributed by atoms with E-state index in [1.807, 2.05) is 55.5 Å². The zero-order valence-corrected chi connectivity index (χ0v) is 13.0. The zero-order valence-electron chi connectivity index (χ0n) is 11.4. The number of para-hydroxylation sites is 1. The first-order valence-corrected chi connectivity index (χ1v) is 7.06. The van der Waals surface area contributed by atoms with Gasteiger partial charge in [0.15, 0.2) is 6.04 Å². The van der Waals surface area contributed by atoms with Crippen molar-refractivity contribution < 1.29 is 9.53 Å². The molecule has 2 aromatic rings. The van der Waals surface area contributed by atoms with Crippen LogP contribution < -0.4 is 5.32 Å². The van der Waals surface area contributed by atoms with Crippen LogP contribution >= 0.6 is 15.9 Å². The Bertz CT molecular complexity index is 596. The Kier molecular flexibility index (Phi) is 4.79. The highest BCUT2D eigenvalue weighted by Crippen LogP contribution is 2.27. The summed E-state index contributed by atoms with van der Waals surface area (Å²) in [6.07, 6.45) is 0. The molecule has 20 heavy (non-hydrogen) atoms. The van der Waals surface area contributed by atoms with Crippen LogP contribution in [0.5, 0.6) is 0 Å². The molecule has 1 atom stereocenters. The summed E-state index contributed by atoms with van der Waals surface area (Å²) in [4.78, 5) is 12.0. The first-order valence-electron chi connectivity index (χ1n) is 6.27. The molecule has 0 aromatic heterocycles. The lowest BCUT2D eigenvalue weighted by Gasteiger charge is -2.19. The second-order valence-electron chi connectivity index (χ2n) is 4.49. The molecule has 0 aliphatic rings. The molecule has 0 saturated carbocycles. The molecule has 1 N–H and O–H groups in total. The third kappa shape index (κ3) is 3.39. The second-order valence-corrected chi connectivity index (χ2v) is 5.35. The molecule has 0 bridgehead atoms. The van der Waals surface area contributed by atoms with Crippen LogP contribution in [0.3, 0.4) is 0 Å². The lowest BCUT2D eigenvalue weighted by Crippen LogP contribution is -2.22. The van der Waals surface area contributed by atoms with Gasteiger partial charge in [0.25, 0.3) is 0 Å². The molecule has 2 aromatic carbocycles. The Balaban J connectivity index is 2.31. The molecule has 0 spiro atoms. The van der Waals surface area contributed by atoms with Gasteiger partial charge in [0.2, 0.25) is 0 Å². The first-order chi connectivity index (χ1) is 9.61. The summed E-state index contributed by atoms with van der Waals surface area (Å²) in [6.45, 7) is 2.01. The molecule has 104 valence electrons. The SMILES string of the molecule is COC(=O)C(Nc1ccccc1Br)c1ccc(C)cc1. The lowest BCUT2D eigenvalue weighted by molar-refractivity contribution is -0.141. The standard InChI is InChI=1S/C16H16BrNO2/c1-11-7-9-12(10-8-11)15(16(19)20-2)18-14-6-4-3-5-13(14)17/h3-10,15,18H,1-2H3.